The zero-order valence-corrected chi connectivity index (χ0v) is 18.5. The fourth-order valence-corrected chi connectivity index (χ4v) is 4.55. The summed E-state index contributed by atoms with van der Waals surface area (Å²) in [6.07, 6.45) is 5.56. The summed E-state index contributed by atoms with van der Waals surface area (Å²) in [4.78, 5) is 16.2. The quantitative estimate of drug-likeness (QED) is 0.456. The van der Waals surface area contributed by atoms with Crippen molar-refractivity contribution in [2.75, 3.05) is 18.7 Å². The number of carbonyl (C=O) groups is 1. The molecular formula is C25H28N4O4. The zero-order chi connectivity index (χ0) is 22.6. The number of aryl methyl sites for hydroxylation is 3. The minimum atomic E-state index is -0.829. The first-order valence-corrected chi connectivity index (χ1v) is 11.5. The molecule has 0 aliphatic carbocycles. The Balaban J connectivity index is 1.19. The van der Waals surface area contributed by atoms with Gasteiger partial charge < -0.3 is 19.9 Å². The number of nitrogens with one attached hydrogen (secondary N) is 2. The Morgan fingerprint density at radius 1 is 1.09 bits per heavy atom. The maximum absolute atomic E-state index is 11.5. The molecule has 4 heterocycles. The van der Waals surface area contributed by atoms with E-state index >= 15 is 0 Å². The molecule has 33 heavy (non-hydrogen) atoms. The first-order valence-electron chi connectivity index (χ1n) is 11.5. The van der Waals surface area contributed by atoms with Crippen molar-refractivity contribution in [2.24, 2.45) is 0 Å². The molecule has 0 saturated heterocycles. The van der Waals surface area contributed by atoms with Crippen LogP contribution >= 0.6 is 0 Å². The molecule has 0 spiro atoms. The maximum Gasteiger partial charge on any atom is 0.303 e. The van der Waals surface area contributed by atoms with Crippen molar-refractivity contribution in [3.8, 4) is 11.5 Å². The fraction of sp³-hybridized carbons (Fsp3) is 0.400. The van der Waals surface area contributed by atoms with Crippen LogP contribution in [0.1, 0.15) is 53.4 Å². The van der Waals surface area contributed by atoms with Gasteiger partial charge in [-0.15, -0.1) is 0 Å². The molecule has 1 atom stereocenters. The number of pyridine rings is 1. The fourth-order valence-electron chi connectivity index (χ4n) is 4.55. The average Bonchev–Trinajstić information content (AvgIpc) is 3.47. The molecule has 0 bridgehead atoms. The van der Waals surface area contributed by atoms with E-state index in [1.807, 2.05) is 24.3 Å². The smallest absolute Gasteiger partial charge is 0.303 e. The van der Waals surface area contributed by atoms with Gasteiger partial charge in [0.2, 0.25) is 6.79 Å². The highest BCUT2D eigenvalue weighted by atomic mass is 16.7. The van der Waals surface area contributed by atoms with Crippen LogP contribution in [-0.2, 0) is 30.5 Å². The standard InChI is InChI=1S/C25H28N4O4/c30-24(31)13-18(17-7-9-22-23(12-17)33-15-32-22)11-21-14-20(28-29-21)5-1-4-19-8-6-16-3-2-10-26-25(16)27-19/h6-9,12,14,18H,1-5,10-11,13,15H2,(H,26,27)(H,28,29)(H,30,31). The van der Waals surface area contributed by atoms with E-state index in [9.17, 15) is 9.90 Å². The number of benzene rings is 1. The molecule has 1 unspecified atom stereocenters. The van der Waals surface area contributed by atoms with Gasteiger partial charge in [0.1, 0.15) is 5.82 Å². The molecule has 3 aromatic rings. The van der Waals surface area contributed by atoms with Crippen LogP contribution in [0.2, 0.25) is 0 Å². The topological polar surface area (TPSA) is 109 Å². The molecule has 2 aliphatic rings. The highest BCUT2D eigenvalue weighted by molar-refractivity contribution is 5.68. The van der Waals surface area contributed by atoms with Crippen LogP contribution < -0.4 is 14.8 Å². The lowest BCUT2D eigenvalue weighted by Gasteiger charge is -2.17. The van der Waals surface area contributed by atoms with Gasteiger partial charge in [-0.1, -0.05) is 12.1 Å². The summed E-state index contributed by atoms with van der Waals surface area (Å²) in [5.41, 5.74) is 5.25. The third-order valence-electron chi connectivity index (χ3n) is 6.26. The number of ether oxygens (including phenoxy) is 2. The van der Waals surface area contributed by atoms with E-state index in [1.165, 1.54) is 5.56 Å². The Morgan fingerprint density at radius 3 is 2.88 bits per heavy atom. The number of nitrogens with zero attached hydrogens (tertiary/aromatic N) is 2. The molecule has 3 N–H and O–H groups in total. The number of carboxylic acids is 1. The summed E-state index contributed by atoms with van der Waals surface area (Å²) in [7, 11) is 0. The number of aliphatic carboxylic acids is 1. The first kappa shape index (κ1) is 21.3. The van der Waals surface area contributed by atoms with Crippen LogP contribution in [0.25, 0.3) is 0 Å². The lowest BCUT2D eigenvalue weighted by Crippen LogP contribution is -2.14. The van der Waals surface area contributed by atoms with Crippen molar-refractivity contribution in [3.05, 3.63) is 64.6 Å². The van der Waals surface area contributed by atoms with Gasteiger partial charge in [0.05, 0.1) is 12.1 Å². The van der Waals surface area contributed by atoms with Gasteiger partial charge in [0.25, 0.3) is 0 Å². The van der Waals surface area contributed by atoms with Crippen molar-refractivity contribution in [2.45, 2.75) is 50.9 Å². The Morgan fingerprint density at radius 2 is 1.97 bits per heavy atom. The molecule has 2 aromatic heterocycles. The number of carboxylic acid groups (broad SMARTS) is 1. The van der Waals surface area contributed by atoms with Crippen LogP contribution in [0.4, 0.5) is 5.82 Å². The predicted octanol–water partition coefficient (Wildman–Crippen LogP) is 3.87. The van der Waals surface area contributed by atoms with Crippen molar-refractivity contribution in [3.63, 3.8) is 0 Å². The number of hydrogen-bond donors (Lipinski definition) is 3. The van der Waals surface area contributed by atoms with E-state index in [0.717, 1.165) is 67.1 Å². The summed E-state index contributed by atoms with van der Waals surface area (Å²) in [5.74, 6) is 1.38. The highest BCUT2D eigenvalue weighted by Crippen LogP contribution is 2.36. The number of H-pyrrole nitrogens is 1. The second-order valence-electron chi connectivity index (χ2n) is 8.69. The highest BCUT2D eigenvalue weighted by Gasteiger charge is 2.21. The second kappa shape index (κ2) is 9.52. The van der Waals surface area contributed by atoms with E-state index in [4.69, 9.17) is 14.5 Å². The Kier molecular flexibility index (Phi) is 6.15. The van der Waals surface area contributed by atoms with E-state index in [-0.39, 0.29) is 19.1 Å². The largest absolute Gasteiger partial charge is 0.481 e. The van der Waals surface area contributed by atoms with E-state index in [0.29, 0.717) is 17.9 Å². The summed E-state index contributed by atoms with van der Waals surface area (Å²) in [6, 6.07) is 12.0. The molecule has 0 radical (unpaired) electrons. The van der Waals surface area contributed by atoms with Crippen molar-refractivity contribution >= 4 is 11.8 Å². The number of aromatic amines is 1. The van der Waals surface area contributed by atoms with E-state index in [2.05, 4.69) is 27.6 Å². The molecule has 0 amide bonds. The molecule has 1 aromatic carbocycles. The Labute approximate surface area is 192 Å². The predicted molar refractivity (Wildman–Crippen MR) is 123 cm³/mol. The number of hydrogen-bond acceptors (Lipinski definition) is 6. The van der Waals surface area contributed by atoms with Gasteiger partial charge in [-0.05, 0) is 79.8 Å². The van der Waals surface area contributed by atoms with E-state index < -0.39 is 5.97 Å². The molecule has 0 fully saturated rings. The number of rotatable bonds is 9. The lowest BCUT2D eigenvalue weighted by atomic mass is 9.91. The third-order valence-corrected chi connectivity index (χ3v) is 6.26. The average molecular weight is 449 g/mol. The van der Waals surface area contributed by atoms with Crippen LogP contribution in [0, 0.1) is 0 Å². The van der Waals surface area contributed by atoms with Gasteiger partial charge >= 0.3 is 5.97 Å². The molecule has 172 valence electrons. The molecule has 8 heteroatoms. The minimum Gasteiger partial charge on any atom is -0.481 e. The number of fused-ring (bicyclic) bond motifs is 2. The summed E-state index contributed by atoms with van der Waals surface area (Å²) in [5, 5.41) is 20.4. The summed E-state index contributed by atoms with van der Waals surface area (Å²) in [6.45, 7) is 1.19. The second-order valence-corrected chi connectivity index (χ2v) is 8.69. The number of aromatic nitrogens is 3. The summed E-state index contributed by atoms with van der Waals surface area (Å²) >= 11 is 0. The van der Waals surface area contributed by atoms with Crippen LogP contribution in [0.15, 0.2) is 36.4 Å². The lowest BCUT2D eigenvalue weighted by molar-refractivity contribution is -0.137. The number of anilines is 1. The molecule has 2 aliphatic heterocycles. The van der Waals surface area contributed by atoms with Crippen molar-refractivity contribution in [1.82, 2.24) is 15.2 Å². The van der Waals surface area contributed by atoms with Crippen molar-refractivity contribution < 1.29 is 19.4 Å². The third kappa shape index (κ3) is 5.10. The van der Waals surface area contributed by atoms with E-state index in [1.54, 1.807) is 0 Å². The molecule has 0 saturated carbocycles. The first-order chi connectivity index (χ1) is 16.1. The van der Waals surface area contributed by atoms with Gasteiger partial charge in [-0.2, -0.15) is 5.10 Å². The monoisotopic (exact) mass is 448 g/mol. The van der Waals surface area contributed by atoms with Gasteiger partial charge in [-0.3, -0.25) is 9.89 Å². The normalized spacial score (nSPS) is 15.0. The molecule has 5 rings (SSSR count). The van der Waals surface area contributed by atoms with Crippen LogP contribution in [0.5, 0.6) is 11.5 Å². The maximum atomic E-state index is 11.5. The minimum absolute atomic E-state index is 0.0338. The van der Waals surface area contributed by atoms with Crippen LogP contribution in [-0.4, -0.2) is 39.6 Å². The van der Waals surface area contributed by atoms with Gasteiger partial charge in [0.15, 0.2) is 11.5 Å². The van der Waals surface area contributed by atoms with Crippen LogP contribution in [0.3, 0.4) is 0 Å². The summed E-state index contributed by atoms with van der Waals surface area (Å²) < 4.78 is 10.8. The van der Waals surface area contributed by atoms with Gasteiger partial charge in [0, 0.05) is 17.9 Å². The molecular weight excluding hydrogens is 420 g/mol. The van der Waals surface area contributed by atoms with Crippen molar-refractivity contribution in [1.29, 1.82) is 0 Å². The van der Waals surface area contributed by atoms with Gasteiger partial charge in [-0.25, -0.2) is 4.98 Å². The Hall–Kier alpha value is -3.55. The Bertz CT molecular complexity index is 1140. The SMILES string of the molecule is O=C(O)CC(Cc1cc(CCCc2ccc3c(n2)NCCC3)n[nH]1)c1ccc2c(c1)OCO2. The molecule has 8 nitrogen and oxygen atoms in total. The zero-order valence-electron chi connectivity index (χ0n) is 18.5.